The molecule has 11 heteroatoms. The third-order valence-electron chi connectivity index (χ3n) is 3.43. The lowest BCUT2D eigenvalue weighted by Crippen LogP contribution is -2.45. The summed E-state index contributed by atoms with van der Waals surface area (Å²) in [6.45, 7) is 6.17. The zero-order valence-corrected chi connectivity index (χ0v) is 17.4. The highest BCUT2D eigenvalue weighted by Gasteiger charge is 2.29. The molecule has 0 aliphatic heterocycles. The Morgan fingerprint density at radius 3 is 1.44 bits per heavy atom. The van der Waals surface area contributed by atoms with Crippen LogP contribution in [0.2, 0.25) is 0 Å². The quantitative estimate of drug-likeness (QED) is 0.340. The molecule has 2 amide bonds. The Balaban J connectivity index is 3.73. The largest absolute Gasteiger partial charge is 0.772 e. The molecule has 0 saturated carbocycles. The van der Waals surface area contributed by atoms with E-state index in [9.17, 15) is 27.1 Å². The molecule has 0 aromatic heterocycles. The summed E-state index contributed by atoms with van der Waals surface area (Å²) in [7, 11) is 0. The van der Waals surface area contributed by atoms with E-state index < -0.39 is 43.5 Å². The highest BCUT2D eigenvalue weighted by molar-refractivity contribution is 7.99. The summed E-state index contributed by atoms with van der Waals surface area (Å²) in [5.74, 6) is 0.523. The molecule has 0 aromatic carbocycles. The average molecular weight is 415 g/mol. The van der Waals surface area contributed by atoms with Gasteiger partial charge in [0.25, 0.3) is 0 Å². The van der Waals surface area contributed by atoms with Gasteiger partial charge in [0.15, 0.2) is 0 Å². The van der Waals surface area contributed by atoms with E-state index in [4.69, 9.17) is 0 Å². The molecule has 0 saturated heterocycles. The first-order valence-electron chi connectivity index (χ1n) is 7.77. The van der Waals surface area contributed by atoms with Crippen molar-refractivity contribution in [2.75, 3.05) is 24.6 Å². The van der Waals surface area contributed by atoms with E-state index in [0.717, 1.165) is 11.5 Å². The number of carbonyl (C=O) groups excluding carboxylic acids is 2. The highest BCUT2D eigenvalue weighted by atomic mass is 32.2. The van der Waals surface area contributed by atoms with Crippen LogP contribution in [0, 0.1) is 0 Å². The lowest BCUT2D eigenvalue weighted by Gasteiger charge is -2.26. The second-order valence-electron chi connectivity index (χ2n) is 6.32. The van der Waals surface area contributed by atoms with Crippen LogP contribution in [0.1, 0.15) is 40.5 Å². The summed E-state index contributed by atoms with van der Waals surface area (Å²) in [5.41, 5.74) is 0. The third-order valence-corrected chi connectivity index (χ3v) is 6.62. The fraction of sp³-hybridized carbons (Fsp3) is 0.857. The summed E-state index contributed by atoms with van der Waals surface area (Å²) in [6.07, 6.45) is 1.40. The van der Waals surface area contributed by atoms with Crippen LogP contribution in [0.3, 0.4) is 0 Å². The Bertz CT molecular complexity index is 467. The first-order chi connectivity index (χ1) is 11.4. The molecular formula is C14H26N2O6S3-2. The Morgan fingerprint density at radius 1 is 0.840 bits per heavy atom. The van der Waals surface area contributed by atoms with Gasteiger partial charge in [0.05, 0.1) is 0 Å². The molecule has 25 heavy (non-hydrogen) atoms. The maximum absolute atomic E-state index is 11.7. The molecule has 0 bridgehead atoms. The van der Waals surface area contributed by atoms with Crippen LogP contribution in [0.4, 0.5) is 0 Å². The van der Waals surface area contributed by atoms with Gasteiger partial charge in [-0.05, 0) is 74.2 Å². The van der Waals surface area contributed by atoms with Crippen molar-refractivity contribution in [2.45, 2.75) is 50.0 Å². The van der Waals surface area contributed by atoms with Crippen LogP contribution in [0.25, 0.3) is 0 Å². The smallest absolute Gasteiger partial charge is 0.237 e. The molecule has 0 radical (unpaired) electrons. The van der Waals surface area contributed by atoms with Crippen molar-refractivity contribution in [2.24, 2.45) is 0 Å². The van der Waals surface area contributed by atoms with Crippen LogP contribution in [-0.2, 0) is 31.7 Å². The van der Waals surface area contributed by atoms with Gasteiger partial charge in [0.2, 0.25) is 11.8 Å². The monoisotopic (exact) mass is 414 g/mol. The third kappa shape index (κ3) is 8.63. The Morgan fingerprint density at radius 2 is 1.16 bits per heavy atom. The van der Waals surface area contributed by atoms with Crippen molar-refractivity contribution in [3.63, 3.8) is 0 Å². The van der Waals surface area contributed by atoms with Crippen molar-refractivity contribution in [1.29, 1.82) is 0 Å². The van der Waals surface area contributed by atoms with Crippen LogP contribution in [0.5, 0.6) is 0 Å². The van der Waals surface area contributed by atoms with Crippen molar-refractivity contribution in [3.8, 4) is 0 Å². The zero-order valence-electron chi connectivity index (χ0n) is 14.9. The first kappa shape index (κ1) is 24.5. The van der Waals surface area contributed by atoms with E-state index in [-0.39, 0.29) is 0 Å². The maximum atomic E-state index is 11.7. The van der Waals surface area contributed by atoms with Crippen molar-refractivity contribution < 1.29 is 27.1 Å². The van der Waals surface area contributed by atoms with E-state index in [0.29, 0.717) is 25.9 Å². The van der Waals surface area contributed by atoms with E-state index >= 15 is 0 Å². The Labute approximate surface area is 158 Å². The van der Waals surface area contributed by atoms with Gasteiger partial charge in [-0.25, -0.2) is 0 Å². The van der Waals surface area contributed by atoms with E-state index in [1.807, 2.05) is 0 Å². The molecule has 2 N–H and O–H groups in total. The van der Waals surface area contributed by atoms with Gasteiger partial charge in [-0.2, -0.15) is 11.8 Å². The number of nitrogens with one attached hydrogen (secondary N) is 2. The molecule has 2 atom stereocenters. The van der Waals surface area contributed by atoms with Gasteiger partial charge < -0.3 is 19.7 Å². The van der Waals surface area contributed by atoms with E-state index in [2.05, 4.69) is 10.6 Å². The van der Waals surface area contributed by atoms with Gasteiger partial charge in [-0.3, -0.25) is 18.0 Å². The molecule has 148 valence electrons. The molecule has 0 rings (SSSR count). The van der Waals surface area contributed by atoms with Gasteiger partial charge >= 0.3 is 0 Å². The molecular weight excluding hydrogens is 388 g/mol. The average Bonchev–Trinajstić information content (AvgIpc) is 2.52. The SMILES string of the molecule is CC(C)(C(=O)NCCCSCCCNC(=O)C(C)(C)S(=O)[O-])S(=O)[O-]. The van der Waals surface area contributed by atoms with Gasteiger partial charge in [0, 0.05) is 13.1 Å². The summed E-state index contributed by atoms with van der Waals surface area (Å²) < 4.78 is 40.8. The summed E-state index contributed by atoms with van der Waals surface area (Å²) in [4.78, 5) is 23.4. The molecule has 0 spiro atoms. The molecule has 0 heterocycles. The van der Waals surface area contributed by atoms with Crippen LogP contribution < -0.4 is 10.6 Å². The predicted molar refractivity (Wildman–Crippen MR) is 98.6 cm³/mol. The van der Waals surface area contributed by atoms with Crippen LogP contribution >= 0.6 is 11.8 Å². The standard InChI is InChI=1S/C14H28N2O6S3/c1-13(2,24(19)20)11(17)15-7-5-9-23-10-6-8-16-12(18)14(3,4)25(21)22/h5-10H2,1-4H3,(H,15,17)(H,16,18)(H,19,20)(H,21,22)/p-2. The van der Waals surface area contributed by atoms with E-state index in [1.165, 1.54) is 27.7 Å². The second kappa shape index (κ2) is 11.3. The number of thioether (sulfide) groups is 1. The maximum Gasteiger partial charge on any atom is 0.237 e. The Hall–Kier alpha value is -0.490. The molecule has 8 nitrogen and oxygen atoms in total. The van der Waals surface area contributed by atoms with Crippen LogP contribution in [0.15, 0.2) is 0 Å². The van der Waals surface area contributed by atoms with Crippen molar-refractivity contribution in [3.05, 3.63) is 0 Å². The fourth-order valence-electron chi connectivity index (χ4n) is 1.43. The molecule has 2 unspecified atom stereocenters. The number of rotatable bonds is 12. The number of amides is 2. The minimum atomic E-state index is -2.47. The lowest BCUT2D eigenvalue weighted by atomic mass is 10.2. The normalized spacial score (nSPS) is 14.6. The summed E-state index contributed by atoms with van der Waals surface area (Å²) in [6, 6.07) is 0. The second-order valence-corrected chi connectivity index (χ2v) is 10.5. The van der Waals surface area contributed by atoms with Gasteiger partial charge in [-0.1, -0.05) is 0 Å². The number of carbonyl (C=O) groups is 2. The minimum Gasteiger partial charge on any atom is -0.772 e. The van der Waals surface area contributed by atoms with Gasteiger partial charge in [0.1, 0.15) is 9.49 Å². The highest BCUT2D eigenvalue weighted by Crippen LogP contribution is 2.12. The van der Waals surface area contributed by atoms with E-state index in [1.54, 1.807) is 11.8 Å². The van der Waals surface area contributed by atoms with Gasteiger partial charge in [-0.15, -0.1) is 0 Å². The van der Waals surface area contributed by atoms with Crippen molar-refractivity contribution in [1.82, 2.24) is 10.6 Å². The molecule has 0 aliphatic rings. The molecule has 0 aromatic rings. The topological polar surface area (TPSA) is 138 Å². The Kier molecular flexibility index (Phi) is 11.1. The van der Waals surface area contributed by atoms with Crippen LogP contribution in [-0.4, -0.2) is 63.4 Å². The number of hydrogen-bond acceptors (Lipinski definition) is 7. The number of hydrogen-bond donors (Lipinski definition) is 2. The van der Waals surface area contributed by atoms with Crippen molar-refractivity contribution >= 4 is 45.7 Å². The minimum absolute atomic E-state index is 0.396. The molecule has 0 fully saturated rings. The predicted octanol–water partition coefficient (Wildman–Crippen LogP) is 0.0476. The molecule has 0 aliphatic carbocycles. The lowest BCUT2D eigenvalue weighted by molar-refractivity contribution is -0.123. The first-order valence-corrected chi connectivity index (χ1v) is 11.1. The summed E-state index contributed by atoms with van der Waals surface area (Å²) in [5, 5.41) is 5.18. The zero-order chi connectivity index (χ0) is 19.7. The summed E-state index contributed by atoms with van der Waals surface area (Å²) >= 11 is -3.31. The fourth-order valence-corrected chi connectivity index (χ4v) is 2.78.